The van der Waals surface area contributed by atoms with Crippen molar-refractivity contribution in [2.75, 3.05) is 25.2 Å². The standard InChI is InChI=1S/C44H76N12O13S/c1-22(2)15-29(51-36(60)25(7)46)39(63)50-28(12-14-70-8)38(62)54-32(18-34(58)59)41(65)49-27(11-9-10-13-45)37(61)55-33(20-57)43(67)52-30(16-23(3)4)40(64)53-31(17-26-19-47-21-48-26)42(66)56-35(24(5)6)44(68)69/h19,21-25,27-33,35,57H,9-18,20,45-46H2,1-8H3,(H,47,48)(H,49,65)(H,50,63)(H,51,60)(H,52,67)(H,53,64)(H,54,62)(H,55,61)(H,56,66)(H,58,59)(H,68,69)/t25-,27-,28-,29-,30-,31-,32-,33-,35-/m0/s1. The van der Waals surface area contributed by atoms with Crippen molar-refractivity contribution in [3.8, 4) is 0 Å². The number of carbonyl (C=O) groups excluding carboxylic acids is 8. The molecule has 1 aromatic rings. The van der Waals surface area contributed by atoms with Gasteiger partial charge in [-0.2, -0.15) is 11.8 Å². The maximum Gasteiger partial charge on any atom is 0.326 e. The lowest BCUT2D eigenvalue weighted by molar-refractivity contribution is -0.143. The van der Waals surface area contributed by atoms with Gasteiger partial charge in [-0.15, -0.1) is 0 Å². The van der Waals surface area contributed by atoms with E-state index in [9.17, 15) is 63.3 Å². The molecule has 0 aromatic carbocycles. The van der Waals surface area contributed by atoms with E-state index in [4.69, 9.17) is 11.5 Å². The fraction of sp³-hybridized carbons (Fsp3) is 0.705. The summed E-state index contributed by atoms with van der Waals surface area (Å²) in [7, 11) is 0. The van der Waals surface area contributed by atoms with Crippen LogP contribution in [-0.4, -0.2) is 164 Å². The van der Waals surface area contributed by atoms with Gasteiger partial charge in [0.1, 0.15) is 48.3 Å². The number of imidazole rings is 1. The summed E-state index contributed by atoms with van der Waals surface area (Å²) >= 11 is 1.34. The van der Waals surface area contributed by atoms with Crippen LogP contribution in [0.2, 0.25) is 0 Å². The lowest BCUT2D eigenvalue weighted by atomic mass is 10.0. The Bertz CT molecular complexity index is 1890. The van der Waals surface area contributed by atoms with Crippen LogP contribution in [0.25, 0.3) is 0 Å². The van der Waals surface area contributed by atoms with E-state index in [-0.39, 0.29) is 56.9 Å². The largest absolute Gasteiger partial charge is 0.481 e. The Kier molecular flexibility index (Phi) is 28.5. The molecule has 1 rings (SSSR count). The van der Waals surface area contributed by atoms with Gasteiger partial charge in [-0.25, -0.2) is 9.78 Å². The first-order valence-corrected chi connectivity index (χ1v) is 24.6. The molecule has 1 aromatic heterocycles. The Morgan fingerprint density at radius 3 is 1.50 bits per heavy atom. The van der Waals surface area contributed by atoms with Crippen molar-refractivity contribution in [3.05, 3.63) is 18.2 Å². The second kappa shape index (κ2) is 32.1. The van der Waals surface area contributed by atoms with E-state index in [0.29, 0.717) is 17.9 Å². The molecule has 396 valence electrons. The number of aliphatic carboxylic acids is 2. The number of aliphatic hydroxyl groups is 1. The molecule has 0 aliphatic rings. The van der Waals surface area contributed by atoms with Gasteiger partial charge >= 0.3 is 11.9 Å². The van der Waals surface area contributed by atoms with Gasteiger partial charge in [0.25, 0.3) is 0 Å². The van der Waals surface area contributed by atoms with Crippen LogP contribution in [0.15, 0.2) is 12.5 Å². The van der Waals surface area contributed by atoms with Crippen LogP contribution in [0.3, 0.4) is 0 Å². The molecule has 0 aliphatic carbocycles. The molecule has 70 heavy (non-hydrogen) atoms. The molecule has 0 aliphatic heterocycles. The summed E-state index contributed by atoms with van der Waals surface area (Å²) in [6, 6.07) is -12.3. The number of hydrogen-bond acceptors (Lipinski definition) is 15. The Labute approximate surface area is 412 Å². The molecule has 0 bridgehead atoms. The lowest BCUT2D eigenvalue weighted by Gasteiger charge is -2.28. The molecule has 1 heterocycles. The summed E-state index contributed by atoms with van der Waals surface area (Å²) in [5.41, 5.74) is 11.8. The normalized spacial score (nSPS) is 15.2. The van der Waals surface area contributed by atoms with E-state index < -0.39 is 133 Å². The Hall–Kier alpha value is -5.86. The van der Waals surface area contributed by atoms with Gasteiger partial charge in [0, 0.05) is 18.3 Å². The molecule has 16 N–H and O–H groups in total. The minimum atomic E-state index is -1.79. The molecule has 9 atom stereocenters. The first kappa shape index (κ1) is 62.2. The van der Waals surface area contributed by atoms with Gasteiger partial charge in [-0.05, 0) is 81.8 Å². The predicted octanol–water partition coefficient (Wildman–Crippen LogP) is -2.64. The quantitative estimate of drug-likeness (QED) is 0.0314. The van der Waals surface area contributed by atoms with Crippen molar-refractivity contribution < 1.29 is 63.3 Å². The van der Waals surface area contributed by atoms with Crippen molar-refractivity contribution >= 4 is 71.0 Å². The molecule has 0 radical (unpaired) electrons. The fourth-order valence-corrected chi connectivity index (χ4v) is 7.25. The minimum absolute atomic E-state index is 0.00470. The number of nitrogens with two attached hydrogens (primary N) is 2. The highest BCUT2D eigenvalue weighted by molar-refractivity contribution is 7.98. The average molecular weight is 1010 g/mol. The summed E-state index contributed by atoms with van der Waals surface area (Å²) in [4.78, 5) is 139. The predicted molar refractivity (Wildman–Crippen MR) is 258 cm³/mol. The van der Waals surface area contributed by atoms with E-state index in [1.807, 2.05) is 13.8 Å². The van der Waals surface area contributed by atoms with Crippen molar-refractivity contribution in [1.29, 1.82) is 0 Å². The number of hydrogen-bond donors (Lipinski definition) is 14. The average Bonchev–Trinajstić information content (AvgIpc) is 3.79. The molecule has 8 amide bonds. The molecule has 25 nitrogen and oxygen atoms in total. The number of amides is 8. The maximum atomic E-state index is 13.9. The van der Waals surface area contributed by atoms with Crippen molar-refractivity contribution in [1.82, 2.24) is 52.5 Å². The van der Waals surface area contributed by atoms with E-state index in [0.717, 1.165) is 0 Å². The number of rotatable bonds is 34. The van der Waals surface area contributed by atoms with Crippen LogP contribution >= 0.6 is 11.8 Å². The molecule has 0 fully saturated rings. The summed E-state index contributed by atoms with van der Waals surface area (Å²) < 4.78 is 0. The third kappa shape index (κ3) is 23.2. The number of aromatic amines is 1. The molecule has 0 spiro atoms. The van der Waals surface area contributed by atoms with Crippen molar-refractivity contribution in [3.63, 3.8) is 0 Å². The molecular weight excluding hydrogens is 937 g/mol. The highest BCUT2D eigenvalue weighted by atomic mass is 32.2. The SMILES string of the molecule is CSCC[C@H](NC(=O)[C@H](CC(C)C)NC(=O)[C@H](C)N)C(=O)N[C@@H](CC(=O)O)C(=O)N[C@@H](CCCCN)C(=O)N[C@@H](CO)C(=O)N[C@@H](CC(C)C)C(=O)N[C@@H](Cc1cnc[nH]1)C(=O)N[C@H](C(=O)O)C(C)C. The second-order valence-electron chi connectivity index (χ2n) is 18.2. The first-order chi connectivity index (χ1) is 32.8. The first-order valence-electron chi connectivity index (χ1n) is 23.3. The third-order valence-electron chi connectivity index (χ3n) is 10.6. The number of carboxylic acids is 2. The zero-order chi connectivity index (χ0) is 53.2. The van der Waals surface area contributed by atoms with Gasteiger partial charge in [0.05, 0.1) is 25.4 Å². The van der Waals surface area contributed by atoms with Crippen LogP contribution in [0.5, 0.6) is 0 Å². The van der Waals surface area contributed by atoms with Gasteiger partial charge in [0.2, 0.25) is 47.3 Å². The number of carbonyl (C=O) groups is 10. The van der Waals surface area contributed by atoms with Crippen LogP contribution in [-0.2, 0) is 54.4 Å². The zero-order valence-electron chi connectivity index (χ0n) is 41.3. The molecule has 0 saturated carbocycles. The van der Waals surface area contributed by atoms with E-state index >= 15 is 0 Å². The number of thioether (sulfide) groups is 1. The summed E-state index contributed by atoms with van der Waals surface area (Å²) in [5.74, 6) is -10.4. The minimum Gasteiger partial charge on any atom is -0.481 e. The number of aliphatic hydroxyl groups excluding tert-OH is 1. The zero-order valence-corrected chi connectivity index (χ0v) is 42.1. The third-order valence-corrected chi connectivity index (χ3v) is 11.2. The smallest absolute Gasteiger partial charge is 0.326 e. The highest BCUT2D eigenvalue weighted by Gasteiger charge is 2.36. The maximum absolute atomic E-state index is 13.9. The molecule has 0 saturated heterocycles. The summed E-state index contributed by atoms with van der Waals surface area (Å²) in [6.07, 6.45) is 4.16. The van der Waals surface area contributed by atoms with Crippen LogP contribution in [0.1, 0.15) is 99.1 Å². The highest BCUT2D eigenvalue weighted by Crippen LogP contribution is 2.12. The number of nitrogens with zero attached hydrogens (tertiary/aromatic N) is 1. The monoisotopic (exact) mass is 1010 g/mol. The molecular formula is C44H76N12O13S. The van der Waals surface area contributed by atoms with Gasteiger partial charge in [-0.1, -0.05) is 41.5 Å². The Balaban J connectivity index is 3.39. The van der Waals surface area contributed by atoms with Gasteiger partial charge < -0.3 is 74.3 Å². The second-order valence-corrected chi connectivity index (χ2v) is 19.2. The van der Waals surface area contributed by atoms with Crippen LogP contribution in [0.4, 0.5) is 0 Å². The van der Waals surface area contributed by atoms with E-state index in [1.54, 1.807) is 34.0 Å². The van der Waals surface area contributed by atoms with Gasteiger partial charge in [0.15, 0.2) is 0 Å². The topological polar surface area (TPSA) is 408 Å². The van der Waals surface area contributed by atoms with Gasteiger partial charge in [-0.3, -0.25) is 43.2 Å². The fourth-order valence-electron chi connectivity index (χ4n) is 6.78. The van der Waals surface area contributed by atoms with Crippen molar-refractivity contribution in [2.24, 2.45) is 29.2 Å². The number of aromatic nitrogens is 2. The lowest BCUT2D eigenvalue weighted by Crippen LogP contribution is -2.61. The van der Waals surface area contributed by atoms with Crippen LogP contribution < -0.4 is 54.0 Å². The molecule has 26 heteroatoms. The number of nitrogens with one attached hydrogen (secondary N) is 9. The van der Waals surface area contributed by atoms with E-state index in [1.165, 1.54) is 31.2 Å². The van der Waals surface area contributed by atoms with Crippen molar-refractivity contribution in [2.45, 2.75) is 154 Å². The Morgan fingerprint density at radius 2 is 1.06 bits per heavy atom. The summed E-state index contributed by atoms with van der Waals surface area (Å²) in [6.45, 7) is 10.9. The number of H-pyrrole nitrogens is 1. The Morgan fingerprint density at radius 1 is 0.614 bits per heavy atom. The van der Waals surface area contributed by atoms with E-state index in [2.05, 4.69) is 52.5 Å². The number of carboxylic acid groups (broad SMARTS) is 2. The molecule has 0 unspecified atom stereocenters. The summed E-state index contributed by atoms with van der Waals surface area (Å²) in [5, 5.41) is 49.6. The number of unbranched alkanes of at least 4 members (excludes halogenated alkanes) is 1. The van der Waals surface area contributed by atoms with Crippen LogP contribution in [0, 0.1) is 17.8 Å².